The van der Waals surface area contributed by atoms with Crippen molar-refractivity contribution in [3.63, 3.8) is 0 Å². The summed E-state index contributed by atoms with van der Waals surface area (Å²) in [5.41, 5.74) is 9.36. The molecule has 0 bridgehead atoms. The van der Waals surface area contributed by atoms with Crippen molar-refractivity contribution >= 4 is 23.0 Å². The topological polar surface area (TPSA) is 76.2 Å². The Morgan fingerprint density at radius 3 is 2.86 bits per heavy atom. The Bertz CT molecular complexity index is 672. The molecular formula is C15H19N5S. The number of anilines is 1. The fraction of sp³-hybridized carbons (Fsp3) is 0.400. The van der Waals surface area contributed by atoms with Gasteiger partial charge in [-0.2, -0.15) is 0 Å². The van der Waals surface area contributed by atoms with Crippen molar-refractivity contribution in [3.05, 3.63) is 39.3 Å². The van der Waals surface area contributed by atoms with E-state index in [0.717, 1.165) is 15.7 Å². The first-order chi connectivity index (χ1) is 10.1. The summed E-state index contributed by atoms with van der Waals surface area (Å²) < 4.78 is 0. The van der Waals surface area contributed by atoms with Crippen LogP contribution in [0.15, 0.2) is 23.2 Å². The third-order valence-electron chi connectivity index (χ3n) is 3.57. The lowest BCUT2D eigenvalue weighted by Crippen LogP contribution is -2.22. The molecule has 0 radical (unpaired) electrons. The number of aryl methyl sites for hydroxylation is 2. The van der Waals surface area contributed by atoms with Gasteiger partial charge >= 0.3 is 0 Å². The van der Waals surface area contributed by atoms with Gasteiger partial charge in [0.15, 0.2) is 5.96 Å². The van der Waals surface area contributed by atoms with Crippen molar-refractivity contribution in [1.82, 2.24) is 10.2 Å². The number of guanidine groups is 1. The van der Waals surface area contributed by atoms with Gasteiger partial charge in [0, 0.05) is 11.6 Å². The monoisotopic (exact) mass is 301 g/mol. The normalized spacial score (nSPS) is 15.2. The predicted molar refractivity (Wildman–Crippen MR) is 86.7 cm³/mol. The van der Waals surface area contributed by atoms with E-state index < -0.39 is 0 Å². The van der Waals surface area contributed by atoms with Gasteiger partial charge in [-0.25, -0.2) is 4.99 Å². The van der Waals surface area contributed by atoms with Gasteiger partial charge in [-0.05, 0) is 49.9 Å². The van der Waals surface area contributed by atoms with Gasteiger partial charge in [0.05, 0.1) is 6.54 Å². The molecule has 0 spiro atoms. The molecule has 1 aromatic carbocycles. The van der Waals surface area contributed by atoms with Crippen LogP contribution in [0.5, 0.6) is 0 Å². The van der Waals surface area contributed by atoms with Crippen LogP contribution in [-0.2, 0) is 6.54 Å². The number of nitrogens with zero attached hydrogens (tertiary/aromatic N) is 3. The maximum absolute atomic E-state index is 5.92. The number of nitrogens with two attached hydrogens (primary N) is 1. The van der Waals surface area contributed by atoms with Gasteiger partial charge < -0.3 is 11.1 Å². The molecule has 0 aliphatic heterocycles. The molecule has 1 heterocycles. The summed E-state index contributed by atoms with van der Waals surface area (Å²) in [7, 11) is 0. The first-order valence-corrected chi connectivity index (χ1v) is 7.90. The molecule has 1 aromatic heterocycles. The van der Waals surface area contributed by atoms with Crippen LogP contribution in [0.2, 0.25) is 0 Å². The number of hydrogen-bond donors (Lipinski definition) is 2. The van der Waals surface area contributed by atoms with Crippen molar-refractivity contribution in [2.45, 2.75) is 39.2 Å². The number of aliphatic imine (C=N–C) groups is 1. The molecule has 0 atom stereocenters. The summed E-state index contributed by atoms with van der Waals surface area (Å²) in [6.45, 7) is 4.64. The first kappa shape index (κ1) is 14.0. The minimum Gasteiger partial charge on any atom is -0.370 e. The van der Waals surface area contributed by atoms with Gasteiger partial charge in [-0.1, -0.05) is 17.4 Å². The molecule has 6 heteroatoms. The second-order valence-electron chi connectivity index (χ2n) is 5.43. The van der Waals surface area contributed by atoms with Crippen LogP contribution >= 0.6 is 11.3 Å². The highest BCUT2D eigenvalue weighted by Crippen LogP contribution is 2.41. The third kappa shape index (κ3) is 3.58. The average Bonchev–Trinajstić information content (AvgIpc) is 3.20. The predicted octanol–water partition coefficient (Wildman–Crippen LogP) is 2.96. The summed E-state index contributed by atoms with van der Waals surface area (Å²) in [6.07, 6.45) is 2.49. The first-order valence-electron chi connectivity index (χ1n) is 7.08. The number of hydrogen-bond acceptors (Lipinski definition) is 4. The molecule has 21 heavy (non-hydrogen) atoms. The molecule has 3 rings (SSSR count). The molecule has 1 aliphatic rings. The van der Waals surface area contributed by atoms with E-state index in [1.165, 1.54) is 24.0 Å². The Kier molecular flexibility index (Phi) is 3.88. The van der Waals surface area contributed by atoms with E-state index in [-0.39, 0.29) is 0 Å². The maximum atomic E-state index is 5.92. The van der Waals surface area contributed by atoms with Crippen LogP contribution in [0.1, 0.15) is 39.9 Å². The van der Waals surface area contributed by atoms with Crippen molar-refractivity contribution in [3.8, 4) is 0 Å². The number of rotatable bonds is 4. The van der Waals surface area contributed by atoms with E-state index in [4.69, 9.17) is 5.73 Å². The summed E-state index contributed by atoms with van der Waals surface area (Å²) in [5, 5.41) is 13.5. The fourth-order valence-electron chi connectivity index (χ4n) is 1.99. The smallest absolute Gasteiger partial charge is 0.193 e. The zero-order valence-electron chi connectivity index (χ0n) is 12.3. The highest BCUT2D eigenvalue weighted by atomic mass is 32.1. The fourth-order valence-corrected chi connectivity index (χ4v) is 2.92. The van der Waals surface area contributed by atoms with E-state index in [9.17, 15) is 0 Å². The summed E-state index contributed by atoms with van der Waals surface area (Å²) >= 11 is 1.64. The van der Waals surface area contributed by atoms with Crippen LogP contribution in [0.4, 0.5) is 5.69 Å². The zero-order valence-corrected chi connectivity index (χ0v) is 13.1. The molecule has 0 saturated heterocycles. The standard InChI is InChI=1S/C15H19N5S/c1-9-3-6-12(7-10(9)2)18-15(16)17-8-13-19-20-14(21-13)11-4-5-11/h3,6-7,11H,4-5,8H2,1-2H3,(H3,16,17,18). The molecule has 1 saturated carbocycles. The summed E-state index contributed by atoms with van der Waals surface area (Å²) in [4.78, 5) is 4.33. The second kappa shape index (κ2) is 5.81. The van der Waals surface area contributed by atoms with Crippen molar-refractivity contribution in [1.29, 1.82) is 0 Å². The molecule has 5 nitrogen and oxygen atoms in total. The van der Waals surface area contributed by atoms with Crippen LogP contribution < -0.4 is 11.1 Å². The molecule has 0 unspecified atom stereocenters. The molecule has 1 aliphatic carbocycles. The van der Waals surface area contributed by atoms with Crippen molar-refractivity contribution < 1.29 is 0 Å². The molecular weight excluding hydrogens is 282 g/mol. The Morgan fingerprint density at radius 2 is 2.14 bits per heavy atom. The van der Waals surface area contributed by atoms with Gasteiger partial charge in [-0.15, -0.1) is 10.2 Å². The highest BCUT2D eigenvalue weighted by molar-refractivity contribution is 7.11. The van der Waals surface area contributed by atoms with Crippen LogP contribution in [0, 0.1) is 13.8 Å². The van der Waals surface area contributed by atoms with Gasteiger partial charge in [-0.3, -0.25) is 0 Å². The number of benzene rings is 1. The average molecular weight is 301 g/mol. The second-order valence-corrected chi connectivity index (χ2v) is 6.53. The lowest BCUT2D eigenvalue weighted by atomic mass is 10.1. The Labute approximate surface area is 128 Å². The van der Waals surface area contributed by atoms with E-state index in [2.05, 4.69) is 46.5 Å². The highest BCUT2D eigenvalue weighted by Gasteiger charge is 2.27. The zero-order chi connectivity index (χ0) is 14.8. The minimum atomic E-state index is 0.404. The van der Waals surface area contributed by atoms with Gasteiger partial charge in [0.25, 0.3) is 0 Å². The Hall–Kier alpha value is -1.95. The summed E-state index contributed by atoms with van der Waals surface area (Å²) in [6, 6.07) is 6.13. The van der Waals surface area contributed by atoms with Gasteiger partial charge in [0.1, 0.15) is 10.0 Å². The molecule has 3 N–H and O–H groups in total. The molecule has 110 valence electrons. The minimum absolute atomic E-state index is 0.404. The molecule has 1 fully saturated rings. The van der Waals surface area contributed by atoms with E-state index in [1.807, 2.05) is 6.07 Å². The quantitative estimate of drug-likeness (QED) is 0.672. The lowest BCUT2D eigenvalue weighted by Gasteiger charge is -2.07. The third-order valence-corrected chi connectivity index (χ3v) is 4.64. The maximum Gasteiger partial charge on any atom is 0.193 e. The van der Waals surface area contributed by atoms with Crippen LogP contribution in [-0.4, -0.2) is 16.2 Å². The summed E-state index contributed by atoms with van der Waals surface area (Å²) in [5.74, 6) is 1.05. The number of nitrogens with one attached hydrogen (secondary N) is 1. The van der Waals surface area contributed by atoms with Crippen molar-refractivity contribution in [2.24, 2.45) is 10.7 Å². The molecule has 2 aromatic rings. The van der Waals surface area contributed by atoms with E-state index in [0.29, 0.717) is 18.4 Å². The SMILES string of the molecule is Cc1ccc(NC(N)=NCc2nnc(C3CC3)s2)cc1C. The van der Waals surface area contributed by atoms with Crippen LogP contribution in [0.3, 0.4) is 0 Å². The van der Waals surface area contributed by atoms with Gasteiger partial charge in [0.2, 0.25) is 0 Å². The van der Waals surface area contributed by atoms with Crippen LogP contribution in [0.25, 0.3) is 0 Å². The number of aromatic nitrogens is 2. The Balaban J connectivity index is 1.60. The lowest BCUT2D eigenvalue weighted by molar-refractivity contribution is 0.917. The van der Waals surface area contributed by atoms with Crippen molar-refractivity contribution in [2.75, 3.05) is 5.32 Å². The molecule has 0 amide bonds. The van der Waals surface area contributed by atoms with E-state index in [1.54, 1.807) is 11.3 Å². The largest absolute Gasteiger partial charge is 0.370 e. The van der Waals surface area contributed by atoms with E-state index >= 15 is 0 Å². The Morgan fingerprint density at radius 1 is 1.33 bits per heavy atom.